The lowest BCUT2D eigenvalue weighted by atomic mass is 10.3. The summed E-state index contributed by atoms with van der Waals surface area (Å²) < 4.78 is 42.2. The Morgan fingerprint density at radius 1 is 0.826 bits per heavy atom. The highest BCUT2D eigenvalue weighted by atomic mass is 32.2. The van der Waals surface area contributed by atoms with Crippen LogP contribution in [0.25, 0.3) is 0 Å². The van der Waals surface area contributed by atoms with Crippen molar-refractivity contribution >= 4 is 10.0 Å². The number of hydrogen-bond acceptors (Lipinski definition) is 5. The van der Waals surface area contributed by atoms with Crippen LogP contribution in [0.4, 0.5) is 0 Å². The van der Waals surface area contributed by atoms with Crippen molar-refractivity contribution in [1.29, 1.82) is 0 Å². The van der Waals surface area contributed by atoms with E-state index < -0.39 is 10.0 Å². The van der Waals surface area contributed by atoms with Gasteiger partial charge in [-0.15, -0.1) is 0 Å². The smallest absolute Gasteiger partial charge is 0.240 e. The van der Waals surface area contributed by atoms with E-state index in [1.165, 1.54) is 19.2 Å². The Hall–Kier alpha value is -2.25. The molecule has 0 saturated carbocycles. The molecule has 0 fully saturated rings. The van der Waals surface area contributed by atoms with E-state index in [9.17, 15) is 8.42 Å². The second-order valence-corrected chi connectivity index (χ2v) is 6.36. The molecule has 0 aromatic heterocycles. The summed E-state index contributed by atoms with van der Waals surface area (Å²) in [6.07, 6.45) is 0. The number of nitrogens with one attached hydrogen (secondary N) is 1. The van der Waals surface area contributed by atoms with Crippen LogP contribution in [0, 0.1) is 0 Å². The van der Waals surface area contributed by atoms with Crippen LogP contribution in [0.3, 0.4) is 0 Å². The van der Waals surface area contributed by atoms with Gasteiger partial charge in [-0.1, -0.05) is 0 Å². The Morgan fingerprint density at radius 3 is 1.83 bits per heavy atom. The molecule has 0 atom stereocenters. The van der Waals surface area contributed by atoms with Crippen LogP contribution in [0.1, 0.15) is 0 Å². The van der Waals surface area contributed by atoms with Gasteiger partial charge >= 0.3 is 0 Å². The predicted molar refractivity (Wildman–Crippen MR) is 86.7 cm³/mol. The van der Waals surface area contributed by atoms with Gasteiger partial charge in [0, 0.05) is 6.54 Å². The first-order chi connectivity index (χ1) is 11.0. The van der Waals surface area contributed by atoms with Gasteiger partial charge in [0.05, 0.1) is 19.1 Å². The van der Waals surface area contributed by atoms with Crippen molar-refractivity contribution in [3.63, 3.8) is 0 Å². The summed E-state index contributed by atoms with van der Waals surface area (Å²) in [6.45, 7) is 0.391. The van der Waals surface area contributed by atoms with Crippen molar-refractivity contribution in [3.8, 4) is 17.2 Å². The number of benzene rings is 2. The van der Waals surface area contributed by atoms with Crippen LogP contribution in [-0.2, 0) is 10.0 Å². The molecule has 0 radical (unpaired) electrons. The minimum absolute atomic E-state index is 0.167. The van der Waals surface area contributed by atoms with Crippen molar-refractivity contribution < 1.29 is 22.6 Å². The van der Waals surface area contributed by atoms with Crippen LogP contribution in [-0.4, -0.2) is 35.8 Å². The van der Waals surface area contributed by atoms with Crippen LogP contribution < -0.4 is 18.9 Å². The van der Waals surface area contributed by atoms with Crippen molar-refractivity contribution in [2.24, 2.45) is 0 Å². The maximum absolute atomic E-state index is 12.1. The topological polar surface area (TPSA) is 73.9 Å². The molecule has 0 aliphatic heterocycles. The lowest BCUT2D eigenvalue weighted by molar-refractivity contribution is 0.322. The van der Waals surface area contributed by atoms with E-state index >= 15 is 0 Å². The van der Waals surface area contributed by atoms with E-state index in [0.29, 0.717) is 11.5 Å². The normalized spacial score (nSPS) is 11.0. The summed E-state index contributed by atoms with van der Waals surface area (Å²) in [5.74, 6) is 1.98. The van der Waals surface area contributed by atoms with Gasteiger partial charge in [-0.25, -0.2) is 13.1 Å². The third-order valence-electron chi connectivity index (χ3n) is 3.09. The molecule has 23 heavy (non-hydrogen) atoms. The zero-order valence-corrected chi connectivity index (χ0v) is 13.8. The number of sulfonamides is 1. The van der Waals surface area contributed by atoms with Gasteiger partial charge in [-0.3, -0.25) is 0 Å². The van der Waals surface area contributed by atoms with Crippen LogP contribution >= 0.6 is 0 Å². The van der Waals surface area contributed by atoms with Gasteiger partial charge in [0.2, 0.25) is 10.0 Å². The summed E-state index contributed by atoms with van der Waals surface area (Å²) in [6, 6.07) is 13.3. The van der Waals surface area contributed by atoms with E-state index in [2.05, 4.69) is 4.72 Å². The first kappa shape index (κ1) is 17.1. The standard InChI is InChI=1S/C16H19NO5S/c1-20-13-3-5-15(6-4-13)22-12-11-17-23(18,19)16-9-7-14(21-2)8-10-16/h3-10,17H,11-12H2,1-2H3. The summed E-state index contributed by atoms with van der Waals surface area (Å²) in [5.41, 5.74) is 0. The van der Waals surface area contributed by atoms with Crippen molar-refractivity contribution in [2.75, 3.05) is 27.4 Å². The molecule has 0 amide bonds. The summed E-state index contributed by atoms with van der Waals surface area (Å²) in [5, 5.41) is 0. The van der Waals surface area contributed by atoms with Gasteiger partial charge in [-0.05, 0) is 48.5 Å². The first-order valence-electron chi connectivity index (χ1n) is 6.96. The molecule has 0 aliphatic carbocycles. The van der Waals surface area contributed by atoms with E-state index in [0.717, 1.165) is 5.75 Å². The van der Waals surface area contributed by atoms with Crippen molar-refractivity contribution in [3.05, 3.63) is 48.5 Å². The number of rotatable bonds is 8. The fourth-order valence-corrected chi connectivity index (χ4v) is 2.87. The highest BCUT2D eigenvalue weighted by Crippen LogP contribution is 2.17. The fraction of sp³-hybridized carbons (Fsp3) is 0.250. The average Bonchev–Trinajstić information content (AvgIpc) is 2.59. The van der Waals surface area contributed by atoms with Gasteiger partial charge in [0.25, 0.3) is 0 Å². The molecule has 2 aromatic carbocycles. The molecule has 1 N–H and O–H groups in total. The molecule has 124 valence electrons. The average molecular weight is 337 g/mol. The van der Waals surface area contributed by atoms with Crippen molar-refractivity contribution in [1.82, 2.24) is 4.72 Å². The van der Waals surface area contributed by atoms with Crippen LogP contribution in [0.5, 0.6) is 17.2 Å². The number of ether oxygens (including phenoxy) is 3. The zero-order valence-electron chi connectivity index (χ0n) is 13.0. The molecule has 2 aromatic rings. The lowest BCUT2D eigenvalue weighted by Crippen LogP contribution is -2.28. The van der Waals surface area contributed by atoms with Crippen LogP contribution in [0.2, 0.25) is 0 Å². The molecule has 6 nitrogen and oxygen atoms in total. The van der Waals surface area contributed by atoms with E-state index in [-0.39, 0.29) is 18.0 Å². The number of methoxy groups -OCH3 is 2. The second-order valence-electron chi connectivity index (χ2n) is 4.60. The predicted octanol–water partition coefficient (Wildman–Crippen LogP) is 2.06. The second kappa shape index (κ2) is 7.85. The summed E-state index contributed by atoms with van der Waals surface area (Å²) in [4.78, 5) is 0.183. The van der Waals surface area contributed by atoms with Gasteiger partial charge in [0.1, 0.15) is 23.9 Å². The molecular weight excluding hydrogens is 318 g/mol. The molecule has 2 rings (SSSR count). The lowest BCUT2D eigenvalue weighted by Gasteiger charge is -2.09. The highest BCUT2D eigenvalue weighted by Gasteiger charge is 2.13. The maximum atomic E-state index is 12.1. The SMILES string of the molecule is COc1ccc(OCCNS(=O)(=O)c2ccc(OC)cc2)cc1. The highest BCUT2D eigenvalue weighted by molar-refractivity contribution is 7.89. The largest absolute Gasteiger partial charge is 0.497 e. The van der Waals surface area contributed by atoms with E-state index in [1.807, 2.05) is 0 Å². The maximum Gasteiger partial charge on any atom is 0.240 e. The molecule has 0 bridgehead atoms. The Balaban J connectivity index is 1.84. The monoisotopic (exact) mass is 337 g/mol. The van der Waals surface area contributed by atoms with Gasteiger partial charge < -0.3 is 14.2 Å². The first-order valence-corrected chi connectivity index (χ1v) is 8.44. The van der Waals surface area contributed by atoms with Crippen LogP contribution in [0.15, 0.2) is 53.4 Å². The Morgan fingerprint density at radius 2 is 1.30 bits per heavy atom. The molecule has 0 heterocycles. The Kier molecular flexibility index (Phi) is 5.84. The Labute approximate surface area is 136 Å². The number of hydrogen-bond donors (Lipinski definition) is 1. The Bertz CT molecular complexity index is 711. The minimum Gasteiger partial charge on any atom is -0.497 e. The van der Waals surface area contributed by atoms with E-state index in [1.54, 1.807) is 43.5 Å². The fourth-order valence-electron chi connectivity index (χ4n) is 1.86. The summed E-state index contributed by atoms with van der Waals surface area (Å²) >= 11 is 0. The molecule has 0 spiro atoms. The van der Waals surface area contributed by atoms with Gasteiger partial charge in [-0.2, -0.15) is 0 Å². The zero-order chi connectivity index (χ0) is 16.7. The molecular formula is C16H19NO5S. The van der Waals surface area contributed by atoms with Gasteiger partial charge in [0.15, 0.2) is 0 Å². The minimum atomic E-state index is -3.56. The molecule has 0 unspecified atom stereocenters. The third-order valence-corrected chi connectivity index (χ3v) is 4.57. The quantitative estimate of drug-likeness (QED) is 0.747. The third kappa shape index (κ3) is 4.87. The summed E-state index contributed by atoms with van der Waals surface area (Å²) in [7, 11) is -0.443. The molecule has 0 saturated heterocycles. The molecule has 0 aliphatic rings. The van der Waals surface area contributed by atoms with E-state index in [4.69, 9.17) is 14.2 Å². The van der Waals surface area contributed by atoms with Crippen molar-refractivity contribution in [2.45, 2.75) is 4.90 Å². The molecule has 7 heteroatoms.